The molecular weight excluding hydrogens is 431 g/mol. The summed E-state index contributed by atoms with van der Waals surface area (Å²) in [5.74, 6) is 0.416. The van der Waals surface area contributed by atoms with Gasteiger partial charge in [-0.05, 0) is 65.8 Å². The molecule has 0 spiro atoms. The van der Waals surface area contributed by atoms with E-state index in [1.807, 2.05) is 20.9 Å². The standard InChI is InChI=1S/C17H15IN6O/c1-9-6-11(18)7-10(2)14(9)24-8-12-15(22-24)19-16(20-17(12)25)13-4-5-23(3)21-13/h4-8H,1-3H3,(H,19,20,22,25). The maximum atomic E-state index is 12.5. The summed E-state index contributed by atoms with van der Waals surface area (Å²) in [6.45, 7) is 4.07. The lowest BCUT2D eigenvalue weighted by molar-refractivity contribution is 0.768. The monoisotopic (exact) mass is 446 g/mol. The Morgan fingerprint density at radius 3 is 2.52 bits per heavy atom. The maximum Gasteiger partial charge on any atom is 0.262 e. The molecule has 0 fully saturated rings. The molecule has 1 N–H and O–H groups in total. The summed E-state index contributed by atoms with van der Waals surface area (Å²) >= 11 is 2.29. The molecule has 1 aromatic carbocycles. The quantitative estimate of drug-likeness (QED) is 0.481. The maximum absolute atomic E-state index is 12.5. The fourth-order valence-electron chi connectivity index (χ4n) is 2.96. The molecule has 0 amide bonds. The van der Waals surface area contributed by atoms with Gasteiger partial charge in [0.05, 0.1) is 5.69 Å². The number of hydrogen-bond donors (Lipinski definition) is 1. The van der Waals surface area contributed by atoms with Crippen molar-refractivity contribution in [3.8, 4) is 17.2 Å². The number of nitrogens with zero attached hydrogens (tertiary/aromatic N) is 5. The lowest BCUT2D eigenvalue weighted by Gasteiger charge is -2.10. The van der Waals surface area contributed by atoms with Gasteiger partial charge in [-0.15, -0.1) is 5.10 Å². The highest BCUT2D eigenvalue weighted by atomic mass is 127. The van der Waals surface area contributed by atoms with Crippen LogP contribution in [0.3, 0.4) is 0 Å². The Kier molecular flexibility index (Phi) is 3.71. The van der Waals surface area contributed by atoms with E-state index in [0.29, 0.717) is 22.6 Å². The van der Waals surface area contributed by atoms with E-state index in [4.69, 9.17) is 0 Å². The van der Waals surface area contributed by atoms with Gasteiger partial charge >= 0.3 is 0 Å². The Labute approximate surface area is 156 Å². The molecule has 0 bridgehead atoms. The molecule has 0 aliphatic carbocycles. The van der Waals surface area contributed by atoms with Crippen LogP contribution in [0.25, 0.3) is 28.2 Å². The van der Waals surface area contributed by atoms with Crippen LogP contribution in [-0.2, 0) is 7.05 Å². The first-order chi connectivity index (χ1) is 11.9. The minimum absolute atomic E-state index is 0.224. The molecule has 4 rings (SSSR count). The average Bonchev–Trinajstić information content (AvgIpc) is 3.12. The largest absolute Gasteiger partial charge is 0.304 e. The Morgan fingerprint density at radius 2 is 1.88 bits per heavy atom. The van der Waals surface area contributed by atoms with Gasteiger partial charge in [0, 0.05) is 23.0 Å². The van der Waals surface area contributed by atoms with Gasteiger partial charge < -0.3 is 4.98 Å². The molecule has 0 aliphatic rings. The first kappa shape index (κ1) is 16.0. The van der Waals surface area contributed by atoms with Gasteiger partial charge in [-0.25, -0.2) is 9.67 Å². The lowest BCUT2D eigenvalue weighted by atomic mass is 10.1. The minimum Gasteiger partial charge on any atom is -0.304 e. The Morgan fingerprint density at radius 1 is 1.16 bits per heavy atom. The number of rotatable bonds is 2. The van der Waals surface area contributed by atoms with Crippen molar-refractivity contribution in [3.05, 3.63) is 55.6 Å². The first-order valence-corrected chi connectivity index (χ1v) is 8.77. The van der Waals surface area contributed by atoms with E-state index in [-0.39, 0.29) is 5.56 Å². The van der Waals surface area contributed by atoms with Gasteiger partial charge in [0.15, 0.2) is 11.5 Å². The van der Waals surface area contributed by atoms with Crippen LogP contribution < -0.4 is 5.56 Å². The van der Waals surface area contributed by atoms with Crippen molar-refractivity contribution in [3.63, 3.8) is 0 Å². The third-order valence-corrected chi connectivity index (χ3v) is 4.65. The molecule has 4 aromatic rings. The van der Waals surface area contributed by atoms with E-state index in [1.165, 1.54) is 3.57 Å². The topological polar surface area (TPSA) is 81.4 Å². The van der Waals surface area contributed by atoms with Crippen molar-refractivity contribution in [2.24, 2.45) is 7.05 Å². The van der Waals surface area contributed by atoms with Crippen LogP contribution in [0.15, 0.2) is 35.4 Å². The molecule has 0 aliphatic heterocycles. The second-order valence-electron chi connectivity index (χ2n) is 5.99. The van der Waals surface area contributed by atoms with Gasteiger partial charge in [0.25, 0.3) is 5.56 Å². The minimum atomic E-state index is -0.224. The highest BCUT2D eigenvalue weighted by molar-refractivity contribution is 14.1. The number of nitrogens with one attached hydrogen (secondary N) is 1. The van der Waals surface area contributed by atoms with Crippen molar-refractivity contribution in [2.45, 2.75) is 13.8 Å². The molecule has 3 heterocycles. The van der Waals surface area contributed by atoms with Crippen molar-refractivity contribution >= 4 is 33.6 Å². The zero-order valence-corrected chi connectivity index (χ0v) is 16.1. The molecule has 0 atom stereocenters. The SMILES string of the molecule is Cc1cc(I)cc(C)c1-n1cc2c(=O)[nH]c(-c3ccn(C)n3)nc2n1. The summed E-state index contributed by atoms with van der Waals surface area (Å²) in [6, 6.07) is 5.98. The normalized spacial score (nSPS) is 11.4. The smallest absolute Gasteiger partial charge is 0.262 e. The van der Waals surface area contributed by atoms with Crippen molar-refractivity contribution < 1.29 is 0 Å². The Hall–Kier alpha value is -2.49. The Bertz CT molecular complexity index is 1150. The summed E-state index contributed by atoms with van der Waals surface area (Å²) in [5.41, 5.74) is 3.95. The van der Waals surface area contributed by atoms with Crippen LogP contribution in [0.4, 0.5) is 0 Å². The molecule has 7 nitrogen and oxygen atoms in total. The number of fused-ring (bicyclic) bond motifs is 1. The molecule has 126 valence electrons. The molecule has 0 unspecified atom stereocenters. The number of aromatic amines is 1. The van der Waals surface area contributed by atoms with Crippen LogP contribution in [0, 0.1) is 17.4 Å². The molecule has 3 aromatic heterocycles. The van der Waals surface area contributed by atoms with E-state index in [2.05, 4.69) is 54.9 Å². The highest BCUT2D eigenvalue weighted by Gasteiger charge is 2.14. The number of H-pyrrole nitrogens is 1. The molecule has 25 heavy (non-hydrogen) atoms. The van der Waals surface area contributed by atoms with Gasteiger partial charge in [-0.1, -0.05) is 0 Å². The van der Waals surface area contributed by atoms with Crippen molar-refractivity contribution in [1.29, 1.82) is 0 Å². The number of aryl methyl sites for hydroxylation is 3. The number of halogens is 1. The number of benzene rings is 1. The number of hydrogen-bond acceptors (Lipinski definition) is 4. The van der Waals surface area contributed by atoms with E-state index in [0.717, 1.165) is 16.8 Å². The average molecular weight is 446 g/mol. The first-order valence-electron chi connectivity index (χ1n) is 7.69. The fraction of sp³-hybridized carbons (Fsp3) is 0.176. The van der Waals surface area contributed by atoms with Crippen LogP contribution in [-0.4, -0.2) is 29.5 Å². The van der Waals surface area contributed by atoms with Gasteiger partial charge in [0.1, 0.15) is 11.1 Å². The summed E-state index contributed by atoms with van der Waals surface area (Å²) in [6.07, 6.45) is 3.53. The van der Waals surface area contributed by atoms with Crippen molar-refractivity contribution in [2.75, 3.05) is 0 Å². The van der Waals surface area contributed by atoms with Gasteiger partial charge in [-0.2, -0.15) is 5.10 Å². The van der Waals surface area contributed by atoms with Crippen LogP contribution in [0.2, 0.25) is 0 Å². The molecule has 8 heteroatoms. The zero-order chi connectivity index (χ0) is 17.7. The zero-order valence-electron chi connectivity index (χ0n) is 13.9. The van der Waals surface area contributed by atoms with E-state index in [9.17, 15) is 4.79 Å². The van der Waals surface area contributed by atoms with E-state index in [1.54, 1.807) is 27.8 Å². The summed E-state index contributed by atoms with van der Waals surface area (Å²) < 4.78 is 4.56. The van der Waals surface area contributed by atoms with Crippen LogP contribution >= 0.6 is 22.6 Å². The van der Waals surface area contributed by atoms with E-state index < -0.39 is 0 Å². The number of aromatic nitrogens is 6. The third-order valence-electron chi connectivity index (χ3n) is 4.03. The summed E-state index contributed by atoms with van der Waals surface area (Å²) in [7, 11) is 1.82. The summed E-state index contributed by atoms with van der Waals surface area (Å²) in [4.78, 5) is 19.7. The predicted octanol–water partition coefficient (Wildman–Crippen LogP) is 2.73. The highest BCUT2D eigenvalue weighted by Crippen LogP contribution is 2.23. The predicted molar refractivity (Wildman–Crippen MR) is 104 cm³/mol. The second-order valence-corrected chi connectivity index (χ2v) is 7.23. The molecule has 0 saturated carbocycles. The Balaban J connectivity index is 1.92. The van der Waals surface area contributed by atoms with Crippen LogP contribution in [0.1, 0.15) is 11.1 Å². The lowest BCUT2D eigenvalue weighted by Crippen LogP contribution is -2.08. The molecule has 0 saturated heterocycles. The molecular formula is C17H15IN6O. The van der Waals surface area contributed by atoms with Crippen LogP contribution in [0.5, 0.6) is 0 Å². The van der Waals surface area contributed by atoms with Crippen molar-refractivity contribution in [1.82, 2.24) is 29.5 Å². The second kappa shape index (κ2) is 5.80. The fourth-order valence-corrected chi connectivity index (χ4v) is 3.89. The van der Waals surface area contributed by atoms with E-state index >= 15 is 0 Å². The molecule has 0 radical (unpaired) electrons. The third kappa shape index (κ3) is 2.76. The van der Waals surface area contributed by atoms with Gasteiger partial charge in [-0.3, -0.25) is 9.48 Å². The summed E-state index contributed by atoms with van der Waals surface area (Å²) in [5, 5.41) is 9.27. The van der Waals surface area contributed by atoms with Gasteiger partial charge in [0.2, 0.25) is 0 Å².